The molecule has 2 N–H and O–H groups in total. The van der Waals surface area contributed by atoms with Crippen molar-refractivity contribution in [1.29, 1.82) is 0 Å². The average Bonchev–Trinajstić information content (AvgIpc) is 2.80. The molecule has 3 heteroatoms. The Morgan fingerprint density at radius 2 is 2.17 bits per heavy atom. The highest BCUT2D eigenvalue weighted by molar-refractivity contribution is 7.98. The molecule has 1 atom stereocenters. The molecule has 0 aliphatic heterocycles. The van der Waals surface area contributed by atoms with E-state index in [4.69, 9.17) is 10.2 Å². The summed E-state index contributed by atoms with van der Waals surface area (Å²) in [6.07, 6.45) is 2.63. The first-order valence-electron chi connectivity index (χ1n) is 6.15. The Balaban J connectivity index is 2.10. The molecule has 0 aliphatic carbocycles. The van der Waals surface area contributed by atoms with Crippen molar-refractivity contribution in [2.75, 3.05) is 0 Å². The zero-order chi connectivity index (χ0) is 13.0. The molecule has 1 aromatic carbocycles. The van der Waals surface area contributed by atoms with Crippen LogP contribution in [0, 0.1) is 6.92 Å². The van der Waals surface area contributed by atoms with Gasteiger partial charge in [-0.05, 0) is 44.0 Å². The van der Waals surface area contributed by atoms with E-state index in [2.05, 4.69) is 25.1 Å². The van der Waals surface area contributed by atoms with Gasteiger partial charge < -0.3 is 10.2 Å². The van der Waals surface area contributed by atoms with Crippen molar-refractivity contribution in [1.82, 2.24) is 0 Å². The monoisotopic (exact) mass is 261 g/mol. The van der Waals surface area contributed by atoms with Gasteiger partial charge in [-0.3, -0.25) is 0 Å². The quantitative estimate of drug-likeness (QED) is 0.833. The lowest BCUT2D eigenvalue weighted by molar-refractivity contribution is 0.530. The molecule has 0 radical (unpaired) electrons. The Hall–Kier alpha value is -1.19. The van der Waals surface area contributed by atoms with Crippen LogP contribution in [0.15, 0.2) is 45.9 Å². The van der Waals surface area contributed by atoms with E-state index < -0.39 is 0 Å². The normalized spacial score (nSPS) is 12.6. The molecule has 2 aromatic rings. The van der Waals surface area contributed by atoms with Gasteiger partial charge in [0.05, 0.1) is 12.0 Å². The summed E-state index contributed by atoms with van der Waals surface area (Å²) in [4.78, 5) is 1.30. The summed E-state index contributed by atoms with van der Waals surface area (Å²) < 4.78 is 5.35. The fourth-order valence-corrected chi connectivity index (χ4v) is 2.85. The zero-order valence-electron chi connectivity index (χ0n) is 10.8. The largest absolute Gasteiger partial charge is 0.468 e. The molecule has 0 fully saturated rings. The topological polar surface area (TPSA) is 39.2 Å². The minimum Gasteiger partial charge on any atom is -0.468 e. The fourth-order valence-electron chi connectivity index (χ4n) is 1.90. The highest BCUT2D eigenvalue weighted by Crippen LogP contribution is 2.28. The van der Waals surface area contributed by atoms with Crippen LogP contribution in [0.3, 0.4) is 0 Å². The van der Waals surface area contributed by atoms with Gasteiger partial charge in [0, 0.05) is 10.9 Å². The number of hydrogen-bond acceptors (Lipinski definition) is 3. The summed E-state index contributed by atoms with van der Waals surface area (Å²) in [6, 6.07) is 10.7. The SMILES string of the molecule is Cc1ccc(SCc2ccco2)c(CC(C)N)c1. The van der Waals surface area contributed by atoms with Crippen LogP contribution in [-0.2, 0) is 12.2 Å². The smallest absolute Gasteiger partial charge is 0.113 e. The van der Waals surface area contributed by atoms with Crippen LogP contribution in [0.4, 0.5) is 0 Å². The third-order valence-corrected chi connectivity index (χ3v) is 3.85. The highest BCUT2D eigenvalue weighted by atomic mass is 32.2. The lowest BCUT2D eigenvalue weighted by atomic mass is 10.1. The molecular formula is C15H19NOS. The molecule has 2 nitrogen and oxygen atoms in total. The molecule has 1 heterocycles. The first-order chi connectivity index (χ1) is 8.65. The summed E-state index contributed by atoms with van der Waals surface area (Å²) >= 11 is 1.81. The Morgan fingerprint density at radius 1 is 1.33 bits per heavy atom. The molecule has 1 aromatic heterocycles. The number of benzene rings is 1. The van der Waals surface area contributed by atoms with E-state index in [1.165, 1.54) is 16.0 Å². The molecule has 18 heavy (non-hydrogen) atoms. The molecule has 0 bridgehead atoms. The van der Waals surface area contributed by atoms with Gasteiger partial charge in [0.1, 0.15) is 5.76 Å². The van der Waals surface area contributed by atoms with E-state index in [1.807, 2.05) is 19.1 Å². The van der Waals surface area contributed by atoms with Crippen molar-refractivity contribution in [3.05, 3.63) is 53.5 Å². The van der Waals surface area contributed by atoms with Gasteiger partial charge in [0.25, 0.3) is 0 Å². The highest BCUT2D eigenvalue weighted by Gasteiger charge is 2.07. The van der Waals surface area contributed by atoms with Crippen LogP contribution in [0.1, 0.15) is 23.8 Å². The number of aryl methyl sites for hydroxylation is 1. The van der Waals surface area contributed by atoms with Crippen molar-refractivity contribution in [3.8, 4) is 0 Å². The Morgan fingerprint density at radius 3 is 2.83 bits per heavy atom. The van der Waals surface area contributed by atoms with Crippen molar-refractivity contribution in [2.45, 2.75) is 37.0 Å². The second-order valence-electron chi connectivity index (χ2n) is 4.66. The van der Waals surface area contributed by atoms with E-state index >= 15 is 0 Å². The van der Waals surface area contributed by atoms with Crippen LogP contribution >= 0.6 is 11.8 Å². The third kappa shape index (κ3) is 3.65. The van der Waals surface area contributed by atoms with Crippen LogP contribution in [-0.4, -0.2) is 6.04 Å². The number of nitrogens with two attached hydrogens (primary N) is 1. The summed E-state index contributed by atoms with van der Waals surface area (Å²) in [7, 11) is 0. The molecule has 0 saturated carbocycles. The van der Waals surface area contributed by atoms with Gasteiger partial charge in [-0.2, -0.15) is 0 Å². The molecular weight excluding hydrogens is 242 g/mol. The summed E-state index contributed by atoms with van der Waals surface area (Å²) in [5.41, 5.74) is 8.53. The van der Waals surface area contributed by atoms with E-state index in [1.54, 1.807) is 18.0 Å². The molecule has 0 amide bonds. The molecule has 1 unspecified atom stereocenters. The van der Waals surface area contributed by atoms with Crippen LogP contribution in [0.5, 0.6) is 0 Å². The number of furan rings is 1. The molecule has 0 aliphatic rings. The second kappa shape index (κ2) is 6.12. The van der Waals surface area contributed by atoms with Gasteiger partial charge in [-0.25, -0.2) is 0 Å². The van der Waals surface area contributed by atoms with E-state index in [0.717, 1.165) is 17.9 Å². The average molecular weight is 261 g/mol. The van der Waals surface area contributed by atoms with Crippen molar-refractivity contribution in [2.24, 2.45) is 5.73 Å². The van der Waals surface area contributed by atoms with Crippen LogP contribution in [0.2, 0.25) is 0 Å². The standard InChI is InChI=1S/C15H19NOS/c1-11-5-6-15(13(8-11)9-12(2)16)18-10-14-4-3-7-17-14/h3-8,12H,9-10,16H2,1-2H3. The van der Waals surface area contributed by atoms with Gasteiger partial charge in [0.15, 0.2) is 0 Å². The Labute approximate surface area is 113 Å². The van der Waals surface area contributed by atoms with Crippen molar-refractivity contribution < 1.29 is 4.42 Å². The van der Waals surface area contributed by atoms with E-state index in [0.29, 0.717) is 0 Å². The van der Waals surface area contributed by atoms with Crippen molar-refractivity contribution >= 4 is 11.8 Å². The number of thioether (sulfide) groups is 1. The zero-order valence-corrected chi connectivity index (χ0v) is 11.7. The third-order valence-electron chi connectivity index (χ3n) is 2.71. The molecule has 0 spiro atoms. The van der Waals surface area contributed by atoms with Crippen molar-refractivity contribution in [3.63, 3.8) is 0 Å². The predicted octanol–water partition coefficient (Wildman–Crippen LogP) is 3.77. The summed E-state index contributed by atoms with van der Waals surface area (Å²) in [5.74, 6) is 1.87. The number of hydrogen-bond donors (Lipinski definition) is 1. The minimum absolute atomic E-state index is 0.190. The first-order valence-corrected chi connectivity index (χ1v) is 7.14. The summed E-state index contributed by atoms with van der Waals surface area (Å²) in [6.45, 7) is 4.16. The number of rotatable bonds is 5. The predicted molar refractivity (Wildman–Crippen MR) is 76.8 cm³/mol. The van der Waals surface area contributed by atoms with Crippen LogP contribution < -0.4 is 5.73 Å². The minimum atomic E-state index is 0.190. The lowest BCUT2D eigenvalue weighted by Crippen LogP contribution is -2.18. The first kappa shape index (κ1) is 13.2. The maximum Gasteiger partial charge on any atom is 0.113 e. The second-order valence-corrected chi connectivity index (χ2v) is 5.68. The molecule has 96 valence electrons. The van der Waals surface area contributed by atoms with E-state index in [-0.39, 0.29) is 6.04 Å². The fraction of sp³-hybridized carbons (Fsp3) is 0.333. The van der Waals surface area contributed by atoms with Crippen LogP contribution in [0.25, 0.3) is 0 Å². The molecule has 2 rings (SSSR count). The maximum atomic E-state index is 5.91. The lowest BCUT2D eigenvalue weighted by Gasteiger charge is -2.12. The van der Waals surface area contributed by atoms with Gasteiger partial charge >= 0.3 is 0 Å². The summed E-state index contributed by atoms with van der Waals surface area (Å²) in [5, 5.41) is 0. The molecule has 0 saturated heterocycles. The van der Waals surface area contributed by atoms with Gasteiger partial charge in [-0.15, -0.1) is 11.8 Å². The Bertz CT molecular complexity index is 491. The van der Waals surface area contributed by atoms with E-state index in [9.17, 15) is 0 Å². The van der Waals surface area contributed by atoms with Gasteiger partial charge in [-0.1, -0.05) is 17.7 Å². The van der Waals surface area contributed by atoms with Gasteiger partial charge in [0.2, 0.25) is 0 Å². The Kier molecular flexibility index (Phi) is 4.50. The maximum absolute atomic E-state index is 5.91.